The lowest BCUT2D eigenvalue weighted by molar-refractivity contribution is 0.312. The van der Waals surface area contributed by atoms with Crippen molar-refractivity contribution >= 4 is 5.71 Å². The smallest absolute Gasteiger partial charge is 0.0946 e. The Labute approximate surface area is 106 Å². The van der Waals surface area contributed by atoms with E-state index in [9.17, 15) is 5.21 Å². The molecule has 1 aromatic carbocycles. The van der Waals surface area contributed by atoms with Crippen LogP contribution in [0.25, 0.3) is 0 Å². The molecule has 1 unspecified atom stereocenters. The maximum atomic E-state index is 9.30. The highest BCUT2D eigenvalue weighted by Gasteiger charge is 2.25. The summed E-state index contributed by atoms with van der Waals surface area (Å²) in [5.41, 5.74) is 3.15. The van der Waals surface area contributed by atoms with Crippen molar-refractivity contribution < 1.29 is 5.21 Å². The van der Waals surface area contributed by atoms with Crippen LogP contribution >= 0.6 is 0 Å². The third kappa shape index (κ3) is 1.90. The van der Waals surface area contributed by atoms with E-state index < -0.39 is 0 Å². The number of nitrogens with zero attached hydrogens (tertiary/aromatic N) is 3. The highest BCUT2D eigenvalue weighted by molar-refractivity contribution is 6.03. The van der Waals surface area contributed by atoms with Crippen LogP contribution in [0.5, 0.6) is 0 Å². The van der Waals surface area contributed by atoms with Crippen LogP contribution in [0.1, 0.15) is 17.5 Å². The number of rotatable bonds is 2. The fourth-order valence-electron chi connectivity index (χ4n) is 2.64. The molecule has 0 fully saturated rings. The van der Waals surface area contributed by atoms with Gasteiger partial charge in [0.1, 0.15) is 0 Å². The fourth-order valence-corrected chi connectivity index (χ4v) is 2.64. The summed E-state index contributed by atoms with van der Waals surface area (Å²) in [5.74, 6) is 0.249. The summed E-state index contributed by atoms with van der Waals surface area (Å²) in [6.07, 6.45) is 7.56. The van der Waals surface area contributed by atoms with Gasteiger partial charge in [0.25, 0.3) is 0 Å². The zero-order chi connectivity index (χ0) is 12.4. The van der Waals surface area contributed by atoms with Crippen molar-refractivity contribution in [2.24, 2.45) is 11.1 Å². The van der Waals surface area contributed by atoms with Gasteiger partial charge >= 0.3 is 0 Å². The van der Waals surface area contributed by atoms with Crippen molar-refractivity contribution in [2.45, 2.75) is 19.4 Å². The molecule has 92 valence electrons. The Hall–Kier alpha value is -2.10. The van der Waals surface area contributed by atoms with E-state index in [0.717, 1.165) is 30.7 Å². The highest BCUT2D eigenvalue weighted by Crippen LogP contribution is 2.27. The molecule has 0 amide bonds. The number of benzene rings is 1. The first-order chi connectivity index (χ1) is 8.88. The van der Waals surface area contributed by atoms with Crippen molar-refractivity contribution in [3.8, 4) is 0 Å². The first kappa shape index (κ1) is 11.0. The van der Waals surface area contributed by atoms with E-state index in [1.165, 1.54) is 5.56 Å². The second kappa shape index (κ2) is 4.64. The molecule has 3 rings (SSSR count). The predicted octanol–water partition coefficient (Wildman–Crippen LogP) is 2.32. The van der Waals surface area contributed by atoms with Crippen LogP contribution in [-0.2, 0) is 13.0 Å². The Balaban J connectivity index is 1.90. The highest BCUT2D eigenvalue weighted by atomic mass is 16.4. The summed E-state index contributed by atoms with van der Waals surface area (Å²) in [7, 11) is 0. The first-order valence-corrected chi connectivity index (χ1v) is 6.14. The number of aryl methyl sites for hydroxylation is 1. The van der Waals surface area contributed by atoms with E-state index in [0.29, 0.717) is 0 Å². The lowest BCUT2D eigenvalue weighted by Gasteiger charge is -2.25. The SMILES string of the molecule is O/N=C1/c2ccccc2CCC1Cn1ccnc1. The average molecular weight is 241 g/mol. The zero-order valence-corrected chi connectivity index (χ0v) is 10.0. The minimum atomic E-state index is 0.249. The summed E-state index contributed by atoms with van der Waals surface area (Å²) in [5, 5.41) is 12.8. The molecule has 1 aromatic heterocycles. The second-order valence-electron chi connectivity index (χ2n) is 4.64. The Kier molecular flexibility index (Phi) is 2.84. The number of fused-ring (bicyclic) bond motifs is 1. The normalized spacial score (nSPS) is 20.9. The van der Waals surface area contributed by atoms with Crippen molar-refractivity contribution in [3.05, 3.63) is 54.1 Å². The van der Waals surface area contributed by atoms with Gasteiger partial charge in [-0.15, -0.1) is 0 Å². The minimum absolute atomic E-state index is 0.249. The maximum Gasteiger partial charge on any atom is 0.0946 e. The lowest BCUT2D eigenvalue weighted by atomic mass is 9.82. The van der Waals surface area contributed by atoms with Gasteiger partial charge < -0.3 is 9.77 Å². The van der Waals surface area contributed by atoms with E-state index >= 15 is 0 Å². The molecule has 0 spiro atoms. The van der Waals surface area contributed by atoms with Gasteiger partial charge in [0, 0.05) is 30.4 Å². The largest absolute Gasteiger partial charge is 0.411 e. The molecule has 1 atom stereocenters. The molecule has 18 heavy (non-hydrogen) atoms. The first-order valence-electron chi connectivity index (χ1n) is 6.14. The van der Waals surface area contributed by atoms with Gasteiger partial charge in [0.15, 0.2) is 0 Å². The van der Waals surface area contributed by atoms with Crippen LogP contribution in [-0.4, -0.2) is 20.5 Å². The molecule has 4 nitrogen and oxygen atoms in total. The number of hydrogen-bond acceptors (Lipinski definition) is 3. The molecule has 1 N–H and O–H groups in total. The molecular formula is C14H15N3O. The Morgan fingerprint density at radius 2 is 2.28 bits per heavy atom. The van der Waals surface area contributed by atoms with Gasteiger partial charge in [-0.2, -0.15) is 0 Å². The molecule has 2 aromatic rings. The lowest BCUT2D eigenvalue weighted by Crippen LogP contribution is -2.27. The maximum absolute atomic E-state index is 9.30. The third-order valence-corrected chi connectivity index (χ3v) is 3.54. The molecule has 0 aliphatic heterocycles. The second-order valence-corrected chi connectivity index (χ2v) is 4.64. The van der Waals surface area contributed by atoms with Crippen LogP contribution in [0, 0.1) is 5.92 Å². The van der Waals surface area contributed by atoms with Crippen LogP contribution in [0.15, 0.2) is 48.1 Å². The van der Waals surface area contributed by atoms with Crippen molar-refractivity contribution in [1.29, 1.82) is 0 Å². The van der Waals surface area contributed by atoms with Gasteiger partial charge in [-0.1, -0.05) is 29.4 Å². The molecule has 0 saturated heterocycles. The molecule has 0 bridgehead atoms. The molecule has 4 heteroatoms. The van der Waals surface area contributed by atoms with Gasteiger partial charge in [0.2, 0.25) is 0 Å². The van der Waals surface area contributed by atoms with Gasteiger partial charge in [-0.3, -0.25) is 0 Å². The van der Waals surface area contributed by atoms with Crippen molar-refractivity contribution in [3.63, 3.8) is 0 Å². The van der Waals surface area contributed by atoms with Crippen LogP contribution < -0.4 is 0 Å². The number of aromatic nitrogens is 2. The van der Waals surface area contributed by atoms with Crippen molar-refractivity contribution in [1.82, 2.24) is 9.55 Å². The summed E-state index contributed by atoms with van der Waals surface area (Å²) in [6, 6.07) is 8.16. The third-order valence-electron chi connectivity index (χ3n) is 3.54. The molecule has 1 aliphatic carbocycles. The van der Waals surface area contributed by atoms with Crippen LogP contribution in [0.4, 0.5) is 0 Å². The minimum Gasteiger partial charge on any atom is -0.411 e. The molecule has 1 heterocycles. The summed E-state index contributed by atoms with van der Waals surface area (Å²) < 4.78 is 2.03. The van der Waals surface area contributed by atoms with Crippen LogP contribution in [0.2, 0.25) is 0 Å². The predicted molar refractivity (Wildman–Crippen MR) is 68.8 cm³/mol. The van der Waals surface area contributed by atoms with E-state index in [1.807, 2.05) is 29.0 Å². The number of imidazole rings is 1. The molecular weight excluding hydrogens is 226 g/mol. The number of oxime groups is 1. The quantitative estimate of drug-likeness (QED) is 0.648. The monoisotopic (exact) mass is 241 g/mol. The van der Waals surface area contributed by atoms with E-state index in [-0.39, 0.29) is 5.92 Å². The van der Waals surface area contributed by atoms with Gasteiger partial charge in [-0.25, -0.2) is 4.98 Å². The fraction of sp³-hybridized carbons (Fsp3) is 0.286. The summed E-state index contributed by atoms with van der Waals surface area (Å²) in [4.78, 5) is 4.04. The Morgan fingerprint density at radius 1 is 1.39 bits per heavy atom. The van der Waals surface area contributed by atoms with Crippen LogP contribution in [0.3, 0.4) is 0 Å². The van der Waals surface area contributed by atoms with Crippen molar-refractivity contribution in [2.75, 3.05) is 0 Å². The zero-order valence-electron chi connectivity index (χ0n) is 10.0. The molecule has 0 saturated carbocycles. The summed E-state index contributed by atoms with van der Waals surface area (Å²) >= 11 is 0. The standard InChI is InChI=1S/C14H15N3O/c18-16-14-12(9-17-8-7-15-10-17)6-5-11-3-1-2-4-13(11)14/h1-4,7-8,10,12,18H,5-6,9H2/b16-14+. The van der Waals surface area contributed by atoms with E-state index in [4.69, 9.17) is 0 Å². The van der Waals surface area contributed by atoms with E-state index in [1.54, 1.807) is 12.5 Å². The molecule has 1 aliphatic rings. The molecule has 0 radical (unpaired) electrons. The van der Waals surface area contributed by atoms with Gasteiger partial charge in [-0.05, 0) is 18.4 Å². The number of hydrogen-bond donors (Lipinski definition) is 1. The Morgan fingerprint density at radius 3 is 3.06 bits per heavy atom. The Bertz CT molecular complexity index is 560. The van der Waals surface area contributed by atoms with Gasteiger partial charge in [0.05, 0.1) is 12.0 Å². The average Bonchev–Trinajstić information content (AvgIpc) is 2.91. The topological polar surface area (TPSA) is 50.4 Å². The van der Waals surface area contributed by atoms with E-state index in [2.05, 4.69) is 16.2 Å². The summed E-state index contributed by atoms with van der Waals surface area (Å²) in [6.45, 7) is 0.813.